The summed E-state index contributed by atoms with van der Waals surface area (Å²) in [6, 6.07) is 0. The van der Waals surface area contributed by atoms with Gasteiger partial charge in [-0.2, -0.15) is 0 Å². The van der Waals surface area contributed by atoms with E-state index in [9.17, 15) is 44.6 Å². The number of hydrogen-bond acceptors (Lipinski definition) is 12. The third kappa shape index (κ3) is 29.5. The van der Waals surface area contributed by atoms with Crippen molar-refractivity contribution in [2.75, 3.05) is 13.2 Å². The van der Waals surface area contributed by atoms with Gasteiger partial charge in [0.2, 0.25) is 0 Å². The number of ether oxygens (including phenoxy) is 2. The van der Waals surface area contributed by atoms with Gasteiger partial charge in [-0.25, -0.2) is 4.57 Å². The molecule has 1 fully saturated rings. The number of allylic oxidation sites excluding steroid dienone is 10. The van der Waals surface area contributed by atoms with Gasteiger partial charge in [0.15, 0.2) is 6.10 Å². The normalized spacial score (nSPS) is 22.6. The minimum Gasteiger partial charge on any atom is -0.462 e. The molecule has 1 aliphatic carbocycles. The average molecular weight is 885 g/mol. The first kappa shape index (κ1) is 56.6. The Labute approximate surface area is 366 Å². The number of hydrogen-bond donors (Lipinski definition) is 6. The van der Waals surface area contributed by atoms with Gasteiger partial charge in [-0.05, 0) is 77.0 Å². The van der Waals surface area contributed by atoms with Crippen molar-refractivity contribution in [3.8, 4) is 0 Å². The van der Waals surface area contributed by atoms with E-state index in [0.29, 0.717) is 12.8 Å². The van der Waals surface area contributed by atoms with Gasteiger partial charge in [0.1, 0.15) is 43.2 Å². The van der Waals surface area contributed by atoms with Crippen LogP contribution < -0.4 is 0 Å². The number of aliphatic hydroxyl groups excluding tert-OH is 5. The van der Waals surface area contributed by atoms with Crippen molar-refractivity contribution >= 4 is 19.8 Å². The molecule has 1 saturated carbocycles. The lowest BCUT2D eigenvalue weighted by Crippen LogP contribution is -2.64. The lowest BCUT2D eigenvalue weighted by molar-refractivity contribution is -0.220. The van der Waals surface area contributed by atoms with Crippen LogP contribution in [0.15, 0.2) is 60.8 Å². The van der Waals surface area contributed by atoms with Crippen LogP contribution in [0.4, 0.5) is 0 Å². The van der Waals surface area contributed by atoms with Gasteiger partial charge >= 0.3 is 19.8 Å². The van der Waals surface area contributed by atoms with Crippen molar-refractivity contribution in [3.05, 3.63) is 60.8 Å². The molecular formula is C47H81O13P. The summed E-state index contributed by atoms with van der Waals surface area (Å²) < 4.78 is 33.5. The molecule has 6 N–H and O–H groups in total. The molecule has 0 saturated heterocycles. The summed E-state index contributed by atoms with van der Waals surface area (Å²) >= 11 is 0. The molecule has 0 aromatic heterocycles. The smallest absolute Gasteiger partial charge is 0.462 e. The second-order valence-electron chi connectivity index (χ2n) is 15.9. The van der Waals surface area contributed by atoms with Crippen molar-refractivity contribution in [2.24, 2.45) is 0 Å². The van der Waals surface area contributed by atoms with Crippen LogP contribution in [0.2, 0.25) is 0 Å². The fourth-order valence-electron chi connectivity index (χ4n) is 6.62. The molecule has 13 nitrogen and oxygen atoms in total. The first-order chi connectivity index (χ1) is 29.4. The Morgan fingerprint density at radius 3 is 1.43 bits per heavy atom. The van der Waals surface area contributed by atoms with Gasteiger partial charge in [0.25, 0.3) is 0 Å². The van der Waals surface area contributed by atoms with Crippen LogP contribution in [0.25, 0.3) is 0 Å². The lowest BCUT2D eigenvalue weighted by atomic mass is 9.85. The van der Waals surface area contributed by atoms with Gasteiger partial charge in [0, 0.05) is 12.8 Å². The number of carbonyl (C=O) groups excluding carboxylic acids is 2. The minimum atomic E-state index is -5.13. The maximum Gasteiger partial charge on any atom is 0.472 e. The quantitative estimate of drug-likeness (QED) is 0.0149. The Morgan fingerprint density at radius 2 is 0.934 bits per heavy atom. The molecule has 0 aromatic carbocycles. The predicted octanol–water partition coefficient (Wildman–Crippen LogP) is 8.94. The largest absolute Gasteiger partial charge is 0.472 e. The Kier molecular flexibility index (Phi) is 34.3. The molecule has 1 aliphatic rings. The van der Waals surface area contributed by atoms with E-state index in [1.54, 1.807) is 0 Å². The summed E-state index contributed by atoms with van der Waals surface area (Å²) in [5, 5.41) is 50.1. The summed E-state index contributed by atoms with van der Waals surface area (Å²) in [5.41, 5.74) is 0. The zero-order valence-electron chi connectivity index (χ0n) is 37.2. The molecule has 0 radical (unpaired) electrons. The highest BCUT2D eigenvalue weighted by atomic mass is 31.2. The van der Waals surface area contributed by atoms with Gasteiger partial charge in [-0.15, -0.1) is 0 Å². The minimum absolute atomic E-state index is 0.0729. The summed E-state index contributed by atoms with van der Waals surface area (Å²) in [4.78, 5) is 35.7. The van der Waals surface area contributed by atoms with Crippen LogP contribution in [-0.2, 0) is 32.7 Å². The van der Waals surface area contributed by atoms with Crippen LogP contribution in [-0.4, -0.2) is 98.3 Å². The summed E-state index contributed by atoms with van der Waals surface area (Å²) in [5.74, 6) is -1.13. The fourth-order valence-corrected chi connectivity index (χ4v) is 7.60. The van der Waals surface area contributed by atoms with E-state index in [2.05, 4.69) is 74.6 Å². The van der Waals surface area contributed by atoms with Gasteiger partial charge in [-0.1, -0.05) is 139 Å². The first-order valence-electron chi connectivity index (χ1n) is 23.1. The van der Waals surface area contributed by atoms with Crippen LogP contribution in [0, 0.1) is 0 Å². The Morgan fingerprint density at radius 1 is 0.525 bits per heavy atom. The number of esters is 2. The molecule has 1 rings (SSSR count). The van der Waals surface area contributed by atoms with Crippen LogP contribution in [0.3, 0.4) is 0 Å². The number of carbonyl (C=O) groups is 2. The maximum atomic E-state index is 12.8. The van der Waals surface area contributed by atoms with Gasteiger partial charge in [-0.3, -0.25) is 18.6 Å². The highest BCUT2D eigenvalue weighted by molar-refractivity contribution is 7.47. The zero-order chi connectivity index (χ0) is 45.0. The van der Waals surface area contributed by atoms with Crippen molar-refractivity contribution in [1.82, 2.24) is 0 Å². The highest BCUT2D eigenvalue weighted by Crippen LogP contribution is 2.47. The van der Waals surface area contributed by atoms with E-state index < -0.39 is 75.7 Å². The number of phosphoric acid groups is 1. The molecule has 352 valence electrons. The molecule has 8 atom stereocenters. The first-order valence-corrected chi connectivity index (χ1v) is 24.6. The van der Waals surface area contributed by atoms with E-state index in [0.717, 1.165) is 109 Å². The standard InChI is InChI=1S/C47H81O13P/c1-3-5-7-9-11-13-15-17-19-20-22-23-25-27-29-31-33-35-40(48)57-37-39(38-58-61(55,56)60-47-45(53)43(51)42(50)44(52)46(47)54)59-41(49)36-34-32-30-28-26-24-21-18-16-14-12-10-8-6-4-2/h6,8,11-14,17-19,21,39,42-47,50-54H,3-5,7,9-10,15-16,20,22-38H2,1-2H3,(H,55,56)/b8-6+,13-11+,14-12+,19-17+,21-18+/t39-,42?,43-,44?,45?,46?,47?/m0/s1. The molecule has 6 unspecified atom stereocenters. The Balaban J connectivity index is 2.47. The molecule has 14 heteroatoms. The topological polar surface area (TPSA) is 210 Å². The molecular weight excluding hydrogens is 803 g/mol. The third-order valence-electron chi connectivity index (χ3n) is 10.3. The summed E-state index contributed by atoms with van der Waals surface area (Å²) in [6.45, 7) is 3.13. The molecule has 0 amide bonds. The molecule has 0 aliphatic heterocycles. The van der Waals surface area contributed by atoms with Gasteiger partial charge in [0.05, 0.1) is 6.61 Å². The van der Waals surface area contributed by atoms with Crippen LogP contribution in [0.1, 0.15) is 168 Å². The SMILES string of the molecule is CC/C=C/C/C=C/C/C=C/CCCCCCCC(=O)O[C@@H](COC(=O)CCCCCCCCC/C=C/C/C=C/CCCCC)COP(=O)(O)OC1C(O)C(O)C(O)[C@H](O)C1O. The summed E-state index contributed by atoms with van der Waals surface area (Å²) in [6.07, 6.45) is 31.3. The fraction of sp³-hybridized carbons (Fsp3) is 0.745. The van der Waals surface area contributed by atoms with Crippen molar-refractivity contribution in [3.63, 3.8) is 0 Å². The second-order valence-corrected chi connectivity index (χ2v) is 17.3. The van der Waals surface area contributed by atoms with Crippen molar-refractivity contribution in [1.29, 1.82) is 0 Å². The van der Waals surface area contributed by atoms with E-state index in [1.807, 2.05) is 0 Å². The van der Waals surface area contributed by atoms with Crippen molar-refractivity contribution in [2.45, 2.75) is 211 Å². The third-order valence-corrected chi connectivity index (χ3v) is 11.3. The molecule has 0 aromatic rings. The molecule has 0 heterocycles. The van der Waals surface area contributed by atoms with E-state index in [-0.39, 0.29) is 12.8 Å². The molecule has 0 bridgehead atoms. The van der Waals surface area contributed by atoms with E-state index >= 15 is 0 Å². The van der Waals surface area contributed by atoms with Crippen LogP contribution >= 0.6 is 7.82 Å². The Bertz CT molecular complexity index is 1300. The summed E-state index contributed by atoms with van der Waals surface area (Å²) in [7, 11) is -5.13. The highest BCUT2D eigenvalue weighted by Gasteiger charge is 2.51. The predicted molar refractivity (Wildman–Crippen MR) is 239 cm³/mol. The van der Waals surface area contributed by atoms with E-state index in [4.69, 9.17) is 18.5 Å². The van der Waals surface area contributed by atoms with Gasteiger partial charge < -0.3 is 39.9 Å². The second kappa shape index (κ2) is 37.0. The number of aliphatic hydroxyl groups is 5. The maximum absolute atomic E-state index is 12.8. The lowest BCUT2D eigenvalue weighted by Gasteiger charge is -2.41. The van der Waals surface area contributed by atoms with Crippen LogP contribution in [0.5, 0.6) is 0 Å². The number of unbranched alkanes of at least 4 members (excludes halogenated alkanes) is 15. The monoisotopic (exact) mass is 885 g/mol. The molecule has 0 spiro atoms. The van der Waals surface area contributed by atoms with Crippen molar-refractivity contribution < 1.29 is 63.1 Å². The zero-order valence-corrected chi connectivity index (χ0v) is 38.1. The number of rotatable bonds is 37. The average Bonchev–Trinajstić information content (AvgIpc) is 3.24. The van der Waals surface area contributed by atoms with E-state index in [1.165, 1.54) is 19.3 Å². The molecule has 61 heavy (non-hydrogen) atoms. The number of phosphoric ester groups is 1. The Hall–Kier alpha value is -2.45.